The van der Waals surface area contributed by atoms with E-state index >= 15 is 0 Å². The molecule has 0 aliphatic carbocycles. The second-order valence-electron chi connectivity index (χ2n) is 4.90. The number of nitrogens with zero attached hydrogens (tertiary/aromatic N) is 1. The summed E-state index contributed by atoms with van der Waals surface area (Å²) in [5, 5.41) is 0. The summed E-state index contributed by atoms with van der Waals surface area (Å²) in [7, 11) is -3.05. The van der Waals surface area contributed by atoms with E-state index in [2.05, 4.69) is 6.92 Å². The molecule has 2 unspecified atom stereocenters. The van der Waals surface area contributed by atoms with Crippen LogP contribution in [-0.2, 0) is 10.0 Å². The third-order valence-corrected chi connectivity index (χ3v) is 5.35. The van der Waals surface area contributed by atoms with E-state index in [1.54, 1.807) is 4.31 Å². The Kier molecular flexibility index (Phi) is 5.21. The van der Waals surface area contributed by atoms with E-state index in [9.17, 15) is 8.42 Å². The zero-order chi connectivity index (χ0) is 12.2. The Morgan fingerprint density at radius 1 is 1.31 bits per heavy atom. The highest BCUT2D eigenvalue weighted by Gasteiger charge is 2.31. The summed E-state index contributed by atoms with van der Waals surface area (Å²) in [5.41, 5.74) is 5.37. The molecule has 4 nitrogen and oxygen atoms in total. The Labute approximate surface area is 99.2 Å². The summed E-state index contributed by atoms with van der Waals surface area (Å²) in [6.45, 7) is 5.46. The van der Waals surface area contributed by atoms with Gasteiger partial charge in [-0.2, -0.15) is 4.31 Å². The molecule has 1 fully saturated rings. The molecule has 1 saturated heterocycles. The molecule has 0 aromatic rings. The van der Waals surface area contributed by atoms with Gasteiger partial charge in [0.1, 0.15) is 0 Å². The number of hydrogen-bond donors (Lipinski definition) is 1. The predicted molar refractivity (Wildman–Crippen MR) is 66.6 cm³/mol. The van der Waals surface area contributed by atoms with Crippen molar-refractivity contribution in [1.29, 1.82) is 0 Å². The SMILES string of the molecule is CC1CCN(S(=O)(=O)CCCCN)C(C)C1. The van der Waals surface area contributed by atoms with E-state index in [-0.39, 0.29) is 11.8 Å². The van der Waals surface area contributed by atoms with Crippen LogP contribution in [-0.4, -0.2) is 37.6 Å². The highest BCUT2D eigenvalue weighted by molar-refractivity contribution is 7.89. The van der Waals surface area contributed by atoms with Crippen molar-refractivity contribution in [2.45, 2.75) is 45.6 Å². The minimum atomic E-state index is -3.05. The number of nitrogens with two attached hydrogens (primary N) is 1. The van der Waals surface area contributed by atoms with Crippen LogP contribution in [0.2, 0.25) is 0 Å². The van der Waals surface area contributed by atoms with Gasteiger partial charge < -0.3 is 5.73 Å². The topological polar surface area (TPSA) is 63.4 Å². The molecule has 0 radical (unpaired) electrons. The third-order valence-electron chi connectivity index (χ3n) is 3.29. The molecule has 16 heavy (non-hydrogen) atoms. The number of hydrogen-bond acceptors (Lipinski definition) is 3. The number of rotatable bonds is 5. The Balaban J connectivity index is 2.54. The smallest absolute Gasteiger partial charge is 0.214 e. The van der Waals surface area contributed by atoms with E-state index in [0.717, 1.165) is 19.3 Å². The average molecular weight is 248 g/mol. The summed E-state index contributed by atoms with van der Waals surface area (Å²) in [5.74, 6) is 0.897. The van der Waals surface area contributed by atoms with Crippen LogP contribution in [0.15, 0.2) is 0 Å². The maximum Gasteiger partial charge on any atom is 0.214 e. The van der Waals surface area contributed by atoms with Crippen LogP contribution >= 0.6 is 0 Å². The summed E-state index contributed by atoms with van der Waals surface area (Å²) >= 11 is 0. The lowest BCUT2D eigenvalue weighted by Gasteiger charge is -2.35. The zero-order valence-electron chi connectivity index (χ0n) is 10.4. The fraction of sp³-hybridized carbons (Fsp3) is 1.00. The molecule has 0 saturated carbocycles. The molecule has 1 heterocycles. The van der Waals surface area contributed by atoms with E-state index in [1.807, 2.05) is 6.92 Å². The van der Waals surface area contributed by atoms with E-state index in [0.29, 0.717) is 25.4 Å². The van der Waals surface area contributed by atoms with E-state index in [1.165, 1.54) is 0 Å². The average Bonchev–Trinajstić information content (AvgIpc) is 2.17. The van der Waals surface area contributed by atoms with Crippen molar-refractivity contribution in [2.75, 3.05) is 18.8 Å². The molecule has 0 bridgehead atoms. The first-order chi connectivity index (χ1) is 7.47. The lowest BCUT2D eigenvalue weighted by molar-refractivity contribution is 0.220. The quantitative estimate of drug-likeness (QED) is 0.743. The molecular formula is C11H24N2O2S. The van der Waals surface area contributed by atoms with Crippen molar-refractivity contribution in [1.82, 2.24) is 4.31 Å². The van der Waals surface area contributed by atoms with Gasteiger partial charge in [0, 0.05) is 12.6 Å². The minimum absolute atomic E-state index is 0.159. The van der Waals surface area contributed by atoms with Crippen LogP contribution in [0.4, 0.5) is 0 Å². The molecule has 96 valence electrons. The van der Waals surface area contributed by atoms with Crippen LogP contribution < -0.4 is 5.73 Å². The molecule has 0 aromatic carbocycles. The Morgan fingerprint density at radius 2 is 2.00 bits per heavy atom. The molecule has 0 aromatic heterocycles. The lowest BCUT2D eigenvalue weighted by Crippen LogP contribution is -2.45. The van der Waals surface area contributed by atoms with Crippen LogP contribution in [0.25, 0.3) is 0 Å². The number of piperidine rings is 1. The molecule has 5 heteroatoms. The largest absolute Gasteiger partial charge is 0.330 e. The van der Waals surface area contributed by atoms with Crippen LogP contribution in [0.1, 0.15) is 39.5 Å². The molecule has 2 N–H and O–H groups in total. The van der Waals surface area contributed by atoms with Crippen molar-refractivity contribution in [2.24, 2.45) is 11.7 Å². The predicted octanol–water partition coefficient (Wildman–Crippen LogP) is 1.18. The maximum atomic E-state index is 12.1. The first-order valence-corrected chi connectivity index (χ1v) is 7.78. The van der Waals surface area contributed by atoms with Gasteiger partial charge in [-0.1, -0.05) is 6.92 Å². The second-order valence-corrected chi connectivity index (χ2v) is 6.94. The van der Waals surface area contributed by atoms with Crippen LogP contribution in [0, 0.1) is 5.92 Å². The van der Waals surface area contributed by atoms with E-state index < -0.39 is 10.0 Å². The lowest BCUT2D eigenvalue weighted by atomic mass is 9.95. The molecule has 0 amide bonds. The summed E-state index contributed by atoms with van der Waals surface area (Å²) < 4.78 is 25.8. The Bertz CT molecular complexity index is 303. The van der Waals surface area contributed by atoms with Gasteiger partial charge in [0.2, 0.25) is 10.0 Å². The Morgan fingerprint density at radius 3 is 2.56 bits per heavy atom. The van der Waals surface area contributed by atoms with Gasteiger partial charge in [-0.25, -0.2) is 8.42 Å². The highest BCUT2D eigenvalue weighted by atomic mass is 32.2. The van der Waals surface area contributed by atoms with Crippen LogP contribution in [0.3, 0.4) is 0 Å². The molecule has 0 spiro atoms. The van der Waals surface area contributed by atoms with Crippen molar-refractivity contribution >= 4 is 10.0 Å². The number of sulfonamides is 1. The van der Waals surface area contributed by atoms with Gasteiger partial charge >= 0.3 is 0 Å². The van der Waals surface area contributed by atoms with Gasteiger partial charge in [0.25, 0.3) is 0 Å². The molecule has 2 atom stereocenters. The highest BCUT2D eigenvalue weighted by Crippen LogP contribution is 2.25. The fourth-order valence-corrected chi connectivity index (χ4v) is 4.17. The van der Waals surface area contributed by atoms with Gasteiger partial charge in [0.15, 0.2) is 0 Å². The third kappa shape index (κ3) is 3.71. The number of unbranched alkanes of at least 4 members (excludes halogenated alkanes) is 1. The molecule has 1 aliphatic rings. The maximum absolute atomic E-state index is 12.1. The van der Waals surface area contributed by atoms with Gasteiger partial charge in [-0.05, 0) is 45.1 Å². The summed E-state index contributed by atoms with van der Waals surface area (Å²) in [6.07, 6.45) is 3.44. The first-order valence-electron chi connectivity index (χ1n) is 6.17. The van der Waals surface area contributed by atoms with Gasteiger partial charge in [-0.15, -0.1) is 0 Å². The van der Waals surface area contributed by atoms with Gasteiger partial charge in [-0.3, -0.25) is 0 Å². The standard InChI is InChI=1S/C11H24N2O2S/c1-10-5-7-13(11(2)9-10)16(14,15)8-4-3-6-12/h10-11H,3-9,12H2,1-2H3. The van der Waals surface area contributed by atoms with Crippen molar-refractivity contribution in [3.8, 4) is 0 Å². The fourth-order valence-electron chi connectivity index (χ4n) is 2.35. The monoisotopic (exact) mass is 248 g/mol. The first kappa shape index (κ1) is 13.9. The molecule has 1 aliphatic heterocycles. The summed E-state index contributed by atoms with van der Waals surface area (Å²) in [6, 6.07) is 0.159. The minimum Gasteiger partial charge on any atom is -0.330 e. The van der Waals surface area contributed by atoms with Crippen molar-refractivity contribution in [3.05, 3.63) is 0 Å². The normalized spacial score (nSPS) is 28.2. The second kappa shape index (κ2) is 5.98. The van der Waals surface area contributed by atoms with Crippen molar-refractivity contribution < 1.29 is 8.42 Å². The van der Waals surface area contributed by atoms with Gasteiger partial charge in [0.05, 0.1) is 5.75 Å². The van der Waals surface area contributed by atoms with Crippen LogP contribution in [0.5, 0.6) is 0 Å². The van der Waals surface area contributed by atoms with E-state index in [4.69, 9.17) is 5.73 Å². The molecule has 1 rings (SSSR count). The Hall–Kier alpha value is -0.130. The summed E-state index contributed by atoms with van der Waals surface area (Å²) in [4.78, 5) is 0. The zero-order valence-corrected chi connectivity index (χ0v) is 11.2. The van der Waals surface area contributed by atoms with Crippen molar-refractivity contribution in [3.63, 3.8) is 0 Å². The molecular weight excluding hydrogens is 224 g/mol.